The van der Waals surface area contributed by atoms with E-state index in [2.05, 4.69) is 10.4 Å². The van der Waals surface area contributed by atoms with Crippen LogP contribution in [0.2, 0.25) is 0 Å². The molecule has 1 aromatic heterocycles. The number of nitrogens with one attached hydrogen (secondary N) is 1. The molecule has 0 radical (unpaired) electrons. The van der Waals surface area contributed by atoms with Gasteiger partial charge in [0, 0.05) is 16.3 Å². The fraction of sp³-hybridized carbons (Fsp3) is 0.375. The highest BCUT2D eigenvalue weighted by molar-refractivity contribution is 8.00. The molecule has 0 amide bonds. The molecule has 64 valence electrons. The van der Waals surface area contributed by atoms with E-state index in [4.69, 9.17) is 5.84 Å². The van der Waals surface area contributed by atoms with E-state index in [0.29, 0.717) is 0 Å². The largest absolute Gasteiger partial charge is 0.308 e. The van der Waals surface area contributed by atoms with Crippen LogP contribution in [0.15, 0.2) is 23.2 Å². The number of anilines is 1. The molecule has 0 unspecified atom stereocenters. The van der Waals surface area contributed by atoms with Crippen LogP contribution >= 0.6 is 11.8 Å². The molecule has 0 spiro atoms. The van der Waals surface area contributed by atoms with Crippen LogP contribution in [0.25, 0.3) is 0 Å². The van der Waals surface area contributed by atoms with E-state index in [0.717, 1.165) is 11.1 Å². The summed E-state index contributed by atoms with van der Waals surface area (Å²) in [4.78, 5) is 5.35. The van der Waals surface area contributed by atoms with Gasteiger partial charge in [0.15, 0.2) is 0 Å². The van der Waals surface area contributed by atoms with Gasteiger partial charge in [-0.05, 0) is 25.0 Å². The van der Waals surface area contributed by atoms with Crippen molar-refractivity contribution in [1.29, 1.82) is 0 Å². The summed E-state index contributed by atoms with van der Waals surface area (Å²) in [6.07, 6.45) is 4.56. The molecular weight excluding hydrogens is 170 g/mol. The van der Waals surface area contributed by atoms with Crippen molar-refractivity contribution in [3.63, 3.8) is 0 Å². The van der Waals surface area contributed by atoms with Crippen LogP contribution in [0, 0.1) is 0 Å². The minimum Gasteiger partial charge on any atom is -0.308 e. The second-order valence-corrected chi connectivity index (χ2v) is 4.21. The summed E-state index contributed by atoms with van der Waals surface area (Å²) in [5.74, 6) is 5.91. The predicted molar refractivity (Wildman–Crippen MR) is 50.9 cm³/mol. The molecule has 1 saturated carbocycles. The van der Waals surface area contributed by atoms with Crippen molar-refractivity contribution in [2.45, 2.75) is 23.0 Å². The van der Waals surface area contributed by atoms with Crippen LogP contribution in [-0.2, 0) is 0 Å². The van der Waals surface area contributed by atoms with E-state index in [-0.39, 0.29) is 0 Å². The van der Waals surface area contributed by atoms with Crippen LogP contribution in [0.5, 0.6) is 0 Å². The Hall–Kier alpha value is -0.740. The molecular formula is C8H11N3S. The molecule has 3 nitrogen and oxygen atoms in total. The molecule has 1 heterocycles. The van der Waals surface area contributed by atoms with Crippen LogP contribution in [0.1, 0.15) is 12.8 Å². The zero-order valence-corrected chi connectivity index (χ0v) is 7.47. The van der Waals surface area contributed by atoms with E-state index in [9.17, 15) is 0 Å². The minimum atomic E-state index is 0.718. The summed E-state index contributed by atoms with van der Waals surface area (Å²) in [5, 5.41) is 0.837. The first kappa shape index (κ1) is 7.89. The molecule has 12 heavy (non-hydrogen) atoms. The van der Waals surface area contributed by atoms with E-state index in [1.54, 1.807) is 0 Å². The third kappa shape index (κ3) is 1.89. The van der Waals surface area contributed by atoms with E-state index < -0.39 is 0 Å². The highest BCUT2D eigenvalue weighted by atomic mass is 32.2. The molecule has 0 aliphatic heterocycles. The van der Waals surface area contributed by atoms with Gasteiger partial charge in [-0.3, -0.25) is 0 Å². The number of nitrogens with zero attached hydrogens (tertiary/aromatic N) is 1. The number of hydrogen-bond acceptors (Lipinski definition) is 4. The van der Waals surface area contributed by atoms with E-state index >= 15 is 0 Å². The molecule has 1 aliphatic rings. The first-order valence-corrected chi connectivity index (χ1v) is 4.86. The average molecular weight is 181 g/mol. The fourth-order valence-corrected chi connectivity index (χ4v) is 1.93. The quantitative estimate of drug-likeness (QED) is 0.549. The van der Waals surface area contributed by atoms with Crippen molar-refractivity contribution >= 4 is 17.6 Å². The second kappa shape index (κ2) is 3.33. The predicted octanol–water partition coefficient (Wildman–Crippen LogP) is 1.62. The number of aromatic nitrogens is 1. The highest BCUT2D eigenvalue weighted by Crippen LogP contribution is 2.38. The minimum absolute atomic E-state index is 0.718. The van der Waals surface area contributed by atoms with Gasteiger partial charge in [-0.2, -0.15) is 0 Å². The van der Waals surface area contributed by atoms with Crippen LogP contribution in [-0.4, -0.2) is 10.2 Å². The Bertz CT molecular complexity index is 256. The number of hydrazine groups is 1. The molecule has 3 N–H and O–H groups in total. The topological polar surface area (TPSA) is 50.9 Å². The number of hydrogen-bond donors (Lipinski definition) is 2. The van der Waals surface area contributed by atoms with Gasteiger partial charge in [0.1, 0.15) is 5.82 Å². The lowest BCUT2D eigenvalue weighted by Crippen LogP contribution is -2.07. The van der Waals surface area contributed by atoms with Crippen molar-refractivity contribution < 1.29 is 0 Å². The van der Waals surface area contributed by atoms with Gasteiger partial charge in [0.05, 0.1) is 0 Å². The summed E-state index contributed by atoms with van der Waals surface area (Å²) in [6.45, 7) is 0. The van der Waals surface area contributed by atoms with Crippen molar-refractivity contribution in [2.75, 3.05) is 5.43 Å². The Kier molecular flexibility index (Phi) is 2.19. The van der Waals surface area contributed by atoms with Crippen molar-refractivity contribution in [1.82, 2.24) is 4.98 Å². The SMILES string of the molecule is NNc1ccc(SC2CC2)cn1. The summed E-state index contributed by atoms with van der Waals surface area (Å²) in [7, 11) is 0. The van der Waals surface area contributed by atoms with Gasteiger partial charge in [-0.1, -0.05) is 0 Å². The zero-order valence-electron chi connectivity index (χ0n) is 6.66. The lowest BCUT2D eigenvalue weighted by atomic mass is 10.5. The van der Waals surface area contributed by atoms with E-state index in [1.807, 2.05) is 30.1 Å². The van der Waals surface area contributed by atoms with Crippen LogP contribution in [0.4, 0.5) is 5.82 Å². The van der Waals surface area contributed by atoms with Crippen molar-refractivity contribution in [3.8, 4) is 0 Å². The first-order chi connectivity index (χ1) is 5.88. The Morgan fingerprint density at radius 1 is 1.50 bits per heavy atom. The van der Waals surface area contributed by atoms with Crippen LogP contribution < -0.4 is 11.3 Å². The maximum atomic E-state index is 5.19. The van der Waals surface area contributed by atoms with Gasteiger partial charge in [0.25, 0.3) is 0 Å². The Morgan fingerprint density at radius 2 is 2.33 bits per heavy atom. The van der Waals surface area contributed by atoms with Crippen molar-refractivity contribution in [3.05, 3.63) is 18.3 Å². The van der Waals surface area contributed by atoms with E-state index in [1.165, 1.54) is 17.7 Å². The zero-order chi connectivity index (χ0) is 8.39. The summed E-state index contributed by atoms with van der Waals surface area (Å²) < 4.78 is 0. The Balaban J connectivity index is 2.02. The Labute approximate surface area is 75.7 Å². The summed E-state index contributed by atoms with van der Waals surface area (Å²) in [6, 6.07) is 3.94. The molecule has 4 heteroatoms. The number of thioether (sulfide) groups is 1. The lowest BCUT2D eigenvalue weighted by Gasteiger charge is -2.00. The molecule has 1 fully saturated rings. The normalized spacial score (nSPS) is 16.1. The maximum Gasteiger partial charge on any atom is 0.139 e. The molecule has 0 bridgehead atoms. The molecule has 2 rings (SSSR count). The molecule has 0 aromatic carbocycles. The highest BCUT2D eigenvalue weighted by Gasteiger charge is 2.22. The van der Waals surface area contributed by atoms with Gasteiger partial charge in [-0.15, -0.1) is 11.8 Å². The molecule has 0 atom stereocenters. The maximum absolute atomic E-state index is 5.19. The first-order valence-electron chi connectivity index (χ1n) is 3.98. The molecule has 0 saturated heterocycles. The summed E-state index contributed by atoms with van der Waals surface area (Å²) in [5.41, 5.74) is 2.50. The van der Waals surface area contributed by atoms with Crippen molar-refractivity contribution in [2.24, 2.45) is 5.84 Å². The standard InChI is InChI=1S/C8H11N3S/c9-11-8-4-3-7(5-10-8)12-6-1-2-6/h3-6H,1-2,9H2,(H,10,11). The van der Waals surface area contributed by atoms with Gasteiger partial charge >= 0.3 is 0 Å². The molecule has 1 aromatic rings. The van der Waals surface area contributed by atoms with Crippen LogP contribution in [0.3, 0.4) is 0 Å². The lowest BCUT2D eigenvalue weighted by molar-refractivity contribution is 1.18. The number of rotatable bonds is 3. The number of pyridine rings is 1. The smallest absolute Gasteiger partial charge is 0.139 e. The number of nitrogens with two attached hydrogens (primary N) is 1. The second-order valence-electron chi connectivity index (χ2n) is 2.84. The monoisotopic (exact) mass is 181 g/mol. The molecule has 1 aliphatic carbocycles. The summed E-state index contributed by atoms with van der Waals surface area (Å²) >= 11 is 1.90. The number of nitrogen functional groups attached to an aromatic ring is 1. The van der Waals surface area contributed by atoms with Gasteiger partial charge < -0.3 is 5.43 Å². The Morgan fingerprint density at radius 3 is 2.83 bits per heavy atom. The van der Waals surface area contributed by atoms with Gasteiger partial charge in [-0.25, -0.2) is 10.8 Å². The fourth-order valence-electron chi connectivity index (χ4n) is 0.914. The third-order valence-electron chi connectivity index (χ3n) is 1.71. The van der Waals surface area contributed by atoms with Gasteiger partial charge in [0.2, 0.25) is 0 Å². The average Bonchev–Trinajstić information content (AvgIpc) is 2.90. The third-order valence-corrected chi connectivity index (χ3v) is 3.03.